The van der Waals surface area contributed by atoms with Gasteiger partial charge in [-0.2, -0.15) is 0 Å². The molecule has 0 saturated heterocycles. The van der Waals surface area contributed by atoms with Crippen molar-refractivity contribution in [3.8, 4) is 0 Å². The van der Waals surface area contributed by atoms with Crippen molar-refractivity contribution in [3.63, 3.8) is 0 Å². The van der Waals surface area contributed by atoms with Crippen LogP contribution in [0.15, 0.2) is 46.7 Å². The van der Waals surface area contributed by atoms with Gasteiger partial charge in [0.05, 0.1) is 12.2 Å². The molecule has 1 N–H and O–H groups in total. The molecule has 1 aromatic heterocycles. The second kappa shape index (κ2) is 8.46. The summed E-state index contributed by atoms with van der Waals surface area (Å²) in [5, 5.41) is 2.68. The Morgan fingerprint density at radius 3 is 2.36 bits per heavy atom. The third kappa shape index (κ3) is 5.29. The smallest absolute Gasteiger partial charge is 0.273 e. The molecule has 2 rings (SSSR count). The first-order valence-electron chi connectivity index (χ1n) is 7.86. The third-order valence-electron chi connectivity index (χ3n) is 3.49. The summed E-state index contributed by atoms with van der Waals surface area (Å²) < 4.78 is 28.0. The molecule has 0 fully saturated rings. The highest BCUT2D eigenvalue weighted by Gasteiger charge is 2.26. The van der Waals surface area contributed by atoms with Crippen LogP contribution in [0.2, 0.25) is 0 Å². The Hall–Kier alpha value is -1.90. The first kappa shape index (κ1) is 19.4. The number of benzene rings is 1. The first-order valence-corrected chi connectivity index (χ1v) is 10.1. The molecule has 0 radical (unpaired) electrons. The minimum atomic E-state index is -3.66. The zero-order valence-electron chi connectivity index (χ0n) is 14.6. The summed E-state index contributed by atoms with van der Waals surface area (Å²) in [7, 11) is 0.163. The van der Waals surface area contributed by atoms with Crippen LogP contribution in [0.3, 0.4) is 0 Å². The number of rotatable bonds is 8. The fourth-order valence-corrected chi connectivity index (χ4v) is 5.05. The van der Waals surface area contributed by atoms with Crippen LogP contribution in [0.4, 0.5) is 5.69 Å². The molecule has 2 aromatic rings. The van der Waals surface area contributed by atoms with E-state index in [9.17, 15) is 13.2 Å². The Labute approximate surface area is 153 Å². The van der Waals surface area contributed by atoms with Gasteiger partial charge in [0, 0.05) is 24.9 Å². The van der Waals surface area contributed by atoms with E-state index in [-0.39, 0.29) is 10.1 Å². The number of amides is 1. The molecule has 0 unspecified atom stereocenters. The summed E-state index contributed by atoms with van der Waals surface area (Å²) >= 11 is 1.18. The van der Waals surface area contributed by atoms with E-state index in [1.54, 1.807) is 24.3 Å². The van der Waals surface area contributed by atoms with E-state index in [1.807, 2.05) is 37.2 Å². The van der Waals surface area contributed by atoms with Gasteiger partial charge in [0.2, 0.25) is 5.91 Å². The van der Waals surface area contributed by atoms with Crippen LogP contribution in [0.25, 0.3) is 0 Å². The van der Waals surface area contributed by atoms with E-state index in [1.165, 1.54) is 22.6 Å². The topological polar surface area (TPSA) is 69.7 Å². The molecule has 0 saturated carbocycles. The number of para-hydroxylation sites is 1. The van der Waals surface area contributed by atoms with Gasteiger partial charge in [-0.1, -0.05) is 18.2 Å². The largest absolute Gasteiger partial charge is 0.351 e. The molecule has 1 heterocycles. The van der Waals surface area contributed by atoms with Gasteiger partial charge in [-0.15, -0.1) is 11.3 Å². The van der Waals surface area contributed by atoms with E-state index >= 15 is 0 Å². The lowest BCUT2D eigenvalue weighted by molar-refractivity contribution is -0.119. The molecule has 0 aliphatic rings. The number of hydrogen-bond donors (Lipinski definition) is 1. The Morgan fingerprint density at radius 2 is 1.76 bits per heavy atom. The normalized spacial score (nSPS) is 11.5. The van der Waals surface area contributed by atoms with Crippen LogP contribution < -0.4 is 9.62 Å². The number of anilines is 1. The van der Waals surface area contributed by atoms with Crippen LogP contribution in [0.5, 0.6) is 0 Å². The van der Waals surface area contributed by atoms with E-state index in [2.05, 4.69) is 5.32 Å². The van der Waals surface area contributed by atoms with Crippen molar-refractivity contribution in [2.75, 3.05) is 31.5 Å². The third-order valence-corrected chi connectivity index (χ3v) is 6.87. The summed E-state index contributed by atoms with van der Waals surface area (Å²) in [4.78, 5) is 13.8. The van der Waals surface area contributed by atoms with Gasteiger partial charge in [0.25, 0.3) is 10.0 Å². The average molecular weight is 382 g/mol. The van der Waals surface area contributed by atoms with Crippen molar-refractivity contribution in [2.24, 2.45) is 0 Å². The summed E-state index contributed by atoms with van der Waals surface area (Å²) in [5.74, 6) is -0.144. The molecule has 1 amide bonds. The molecule has 0 atom stereocenters. The quantitative estimate of drug-likeness (QED) is 0.761. The van der Waals surface area contributed by atoms with Gasteiger partial charge in [-0.25, -0.2) is 8.42 Å². The van der Waals surface area contributed by atoms with Crippen LogP contribution in [0.1, 0.15) is 11.8 Å². The summed E-state index contributed by atoms with van der Waals surface area (Å²) in [6, 6.07) is 12.4. The predicted molar refractivity (Wildman–Crippen MR) is 101 cm³/mol. The van der Waals surface area contributed by atoms with Crippen LogP contribution >= 0.6 is 11.3 Å². The Morgan fingerprint density at radius 1 is 1.08 bits per heavy atom. The zero-order valence-corrected chi connectivity index (χ0v) is 16.2. The van der Waals surface area contributed by atoms with Gasteiger partial charge in [0.1, 0.15) is 4.21 Å². The molecule has 8 heteroatoms. The minimum Gasteiger partial charge on any atom is -0.351 e. The van der Waals surface area contributed by atoms with Gasteiger partial charge >= 0.3 is 0 Å². The van der Waals surface area contributed by atoms with Crippen LogP contribution in [0, 0.1) is 0 Å². The van der Waals surface area contributed by atoms with Gasteiger partial charge in [0.15, 0.2) is 0 Å². The zero-order chi connectivity index (χ0) is 18.4. The SMILES string of the molecule is CC(=O)NCc1ccc(S(=O)(=O)N(CCN(C)C)c2ccccc2)s1. The molecular weight excluding hydrogens is 358 g/mol. The summed E-state index contributed by atoms with van der Waals surface area (Å²) in [6.45, 7) is 2.73. The van der Waals surface area contributed by atoms with Gasteiger partial charge in [-0.05, 0) is 38.4 Å². The first-order chi connectivity index (χ1) is 11.8. The number of nitrogens with zero attached hydrogens (tertiary/aromatic N) is 2. The molecule has 0 aliphatic heterocycles. The van der Waals surface area contributed by atoms with Gasteiger partial charge in [-0.3, -0.25) is 9.10 Å². The monoisotopic (exact) mass is 381 g/mol. The predicted octanol–water partition coefficient (Wildman–Crippen LogP) is 2.14. The number of hydrogen-bond acceptors (Lipinski definition) is 5. The number of likely N-dealkylation sites (N-methyl/N-ethyl adjacent to an activating group) is 1. The Balaban J connectivity index is 2.29. The van der Waals surface area contributed by atoms with Crippen molar-refractivity contribution in [2.45, 2.75) is 17.7 Å². The van der Waals surface area contributed by atoms with Crippen molar-refractivity contribution in [1.82, 2.24) is 10.2 Å². The molecular formula is C17H23N3O3S2. The molecule has 0 bridgehead atoms. The molecule has 0 aliphatic carbocycles. The molecule has 25 heavy (non-hydrogen) atoms. The highest BCUT2D eigenvalue weighted by atomic mass is 32.2. The number of carbonyl (C=O) groups is 1. The fraction of sp³-hybridized carbons (Fsp3) is 0.353. The fourth-order valence-electron chi connectivity index (χ4n) is 2.19. The number of thiophene rings is 1. The number of carbonyl (C=O) groups excluding carboxylic acids is 1. The van der Waals surface area contributed by atoms with Crippen LogP contribution in [-0.4, -0.2) is 46.4 Å². The maximum atomic E-state index is 13.1. The van der Waals surface area contributed by atoms with E-state index in [4.69, 9.17) is 0 Å². The second-order valence-corrected chi connectivity index (χ2v) is 9.10. The molecule has 136 valence electrons. The lowest BCUT2D eigenvalue weighted by Crippen LogP contribution is -2.36. The number of nitrogens with one attached hydrogen (secondary N) is 1. The van der Waals surface area contributed by atoms with Crippen molar-refractivity contribution < 1.29 is 13.2 Å². The molecule has 1 aromatic carbocycles. The van der Waals surface area contributed by atoms with Crippen molar-refractivity contribution in [1.29, 1.82) is 0 Å². The highest BCUT2D eigenvalue weighted by Crippen LogP contribution is 2.28. The summed E-state index contributed by atoms with van der Waals surface area (Å²) in [6.07, 6.45) is 0. The highest BCUT2D eigenvalue weighted by molar-refractivity contribution is 7.94. The molecule has 0 spiro atoms. The van der Waals surface area contributed by atoms with E-state index in [0.29, 0.717) is 25.3 Å². The lowest BCUT2D eigenvalue weighted by Gasteiger charge is -2.25. The maximum absolute atomic E-state index is 13.1. The van der Waals surface area contributed by atoms with Crippen molar-refractivity contribution >= 4 is 33.0 Å². The van der Waals surface area contributed by atoms with Gasteiger partial charge < -0.3 is 10.2 Å². The number of sulfonamides is 1. The Kier molecular flexibility index (Phi) is 6.57. The standard InChI is InChI=1S/C17H23N3O3S2/c1-14(21)18-13-16-9-10-17(24-16)25(22,23)20(12-11-19(2)3)15-7-5-4-6-8-15/h4-10H,11-13H2,1-3H3,(H,18,21). The average Bonchev–Trinajstić information content (AvgIpc) is 3.03. The van der Waals surface area contributed by atoms with Crippen LogP contribution in [-0.2, 0) is 21.4 Å². The van der Waals surface area contributed by atoms with E-state index in [0.717, 1.165) is 4.88 Å². The molecule has 6 nitrogen and oxygen atoms in total. The second-order valence-electron chi connectivity index (χ2n) is 5.85. The van der Waals surface area contributed by atoms with E-state index < -0.39 is 10.0 Å². The summed E-state index contributed by atoms with van der Waals surface area (Å²) in [5.41, 5.74) is 0.640. The lowest BCUT2D eigenvalue weighted by atomic mass is 10.3. The Bertz CT molecular complexity index is 802. The van der Waals surface area contributed by atoms with Crippen molar-refractivity contribution in [3.05, 3.63) is 47.3 Å². The maximum Gasteiger partial charge on any atom is 0.273 e. The minimum absolute atomic E-state index is 0.144.